The number of hydrogen-bond acceptors (Lipinski definition) is 6. The van der Waals surface area contributed by atoms with Crippen LogP contribution in [0.15, 0.2) is 60.9 Å². The summed E-state index contributed by atoms with van der Waals surface area (Å²) in [5.41, 5.74) is 9.02. The zero-order valence-corrected chi connectivity index (χ0v) is 16.0. The molecule has 0 spiro atoms. The van der Waals surface area contributed by atoms with Gasteiger partial charge in [-0.25, -0.2) is 4.98 Å². The molecule has 0 saturated carbocycles. The zero-order chi connectivity index (χ0) is 19.5. The number of amides is 1. The summed E-state index contributed by atoms with van der Waals surface area (Å²) in [5, 5.41) is 3.65. The fraction of sp³-hybridized carbons (Fsp3) is 0.0952. The molecule has 0 atom stereocenters. The predicted molar refractivity (Wildman–Crippen MR) is 113 cm³/mol. The van der Waals surface area contributed by atoms with Crippen LogP contribution < -0.4 is 15.8 Å². The summed E-state index contributed by atoms with van der Waals surface area (Å²) in [4.78, 5) is 22.7. The van der Waals surface area contributed by atoms with Crippen LogP contribution in [-0.4, -0.2) is 22.5 Å². The Bertz CT molecular complexity index is 1140. The van der Waals surface area contributed by atoms with Gasteiger partial charge in [0.15, 0.2) is 0 Å². The second-order valence-electron chi connectivity index (χ2n) is 6.05. The maximum absolute atomic E-state index is 12.8. The summed E-state index contributed by atoms with van der Waals surface area (Å²) >= 11 is 1.27. The van der Waals surface area contributed by atoms with Gasteiger partial charge < -0.3 is 15.8 Å². The van der Waals surface area contributed by atoms with Gasteiger partial charge in [-0.05, 0) is 43.3 Å². The number of anilines is 2. The fourth-order valence-corrected chi connectivity index (χ4v) is 3.85. The first kappa shape index (κ1) is 17.9. The summed E-state index contributed by atoms with van der Waals surface area (Å²) in [7, 11) is 0. The third kappa shape index (κ3) is 3.52. The van der Waals surface area contributed by atoms with Gasteiger partial charge in [0, 0.05) is 35.1 Å². The van der Waals surface area contributed by atoms with Crippen LogP contribution in [-0.2, 0) is 0 Å². The van der Waals surface area contributed by atoms with Crippen molar-refractivity contribution in [3.8, 4) is 17.0 Å². The standard InChI is InChI=1S/C21H18N4O2S/c1-2-27-15-7-3-6-14(11-15)24-20(26)19-18(22)16-8-9-17(25-21(16)28-19)13-5-4-10-23-12-13/h3-12H,2,22H2,1H3,(H,24,26). The first-order valence-corrected chi connectivity index (χ1v) is 9.61. The Balaban J connectivity index is 1.64. The Labute approximate surface area is 166 Å². The number of nitrogens with two attached hydrogens (primary N) is 1. The van der Waals surface area contributed by atoms with Crippen LogP contribution in [0.1, 0.15) is 16.6 Å². The number of hydrogen-bond donors (Lipinski definition) is 2. The molecule has 0 aliphatic heterocycles. The van der Waals surface area contributed by atoms with Crippen molar-refractivity contribution in [1.29, 1.82) is 0 Å². The average Bonchev–Trinajstić information content (AvgIpc) is 3.05. The summed E-state index contributed by atoms with van der Waals surface area (Å²) in [6.45, 7) is 2.47. The number of ether oxygens (including phenoxy) is 1. The van der Waals surface area contributed by atoms with Gasteiger partial charge in [-0.2, -0.15) is 0 Å². The topological polar surface area (TPSA) is 90.1 Å². The lowest BCUT2D eigenvalue weighted by Crippen LogP contribution is -2.12. The van der Waals surface area contributed by atoms with Crippen LogP contribution in [0.3, 0.4) is 0 Å². The number of carbonyl (C=O) groups is 1. The van der Waals surface area contributed by atoms with Gasteiger partial charge in [0.05, 0.1) is 18.0 Å². The Hall–Kier alpha value is -3.45. The first-order chi connectivity index (χ1) is 13.7. The van der Waals surface area contributed by atoms with Crippen molar-refractivity contribution in [1.82, 2.24) is 9.97 Å². The molecule has 4 rings (SSSR count). The second-order valence-corrected chi connectivity index (χ2v) is 7.05. The monoisotopic (exact) mass is 390 g/mol. The Morgan fingerprint density at radius 1 is 1.21 bits per heavy atom. The van der Waals surface area contributed by atoms with Gasteiger partial charge in [0.25, 0.3) is 5.91 Å². The van der Waals surface area contributed by atoms with Crippen molar-refractivity contribution >= 4 is 38.8 Å². The lowest BCUT2D eigenvalue weighted by atomic mass is 10.1. The van der Waals surface area contributed by atoms with E-state index in [2.05, 4.69) is 15.3 Å². The van der Waals surface area contributed by atoms with E-state index in [1.165, 1.54) is 11.3 Å². The summed E-state index contributed by atoms with van der Waals surface area (Å²) in [5.74, 6) is 0.435. The number of carbonyl (C=O) groups excluding carboxylic acids is 1. The van der Waals surface area contributed by atoms with Crippen molar-refractivity contribution in [2.75, 3.05) is 17.7 Å². The minimum atomic E-state index is -0.267. The van der Waals surface area contributed by atoms with E-state index in [-0.39, 0.29) is 5.91 Å². The van der Waals surface area contributed by atoms with Gasteiger partial charge in [-0.3, -0.25) is 9.78 Å². The number of rotatable bonds is 5. The number of nitrogens with one attached hydrogen (secondary N) is 1. The molecule has 0 aliphatic carbocycles. The molecule has 28 heavy (non-hydrogen) atoms. The van der Waals surface area contributed by atoms with E-state index in [1.807, 2.05) is 49.4 Å². The molecule has 3 heterocycles. The molecule has 4 aromatic rings. The number of pyridine rings is 2. The molecule has 0 fully saturated rings. The number of thiophene rings is 1. The number of benzene rings is 1. The molecule has 7 heteroatoms. The lowest BCUT2D eigenvalue weighted by Gasteiger charge is -2.07. The van der Waals surface area contributed by atoms with E-state index >= 15 is 0 Å². The Kier molecular flexibility index (Phi) is 4.90. The second kappa shape index (κ2) is 7.66. The highest BCUT2D eigenvalue weighted by molar-refractivity contribution is 7.21. The third-order valence-electron chi connectivity index (χ3n) is 4.16. The van der Waals surface area contributed by atoms with Gasteiger partial charge in [0.1, 0.15) is 15.5 Å². The quantitative estimate of drug-likeness (QED) is 0.520. The minimum Gasteiger partial charge on any atom is -0.494 e. The van der Waals surface area contributed by atoms with Crippen molar-refractivity contribution in [2.24, 2.45) is 0 Å². The van der Waals surface area contributed by atoms with Crippen LogP contribution in [0.2, 0.25) is 0 Å². The summed E-state index contributed by atoms with van der Waals surface area (Å²) in [6, 6.07) is 14.8. The maximum atomic E-state index is 12.8. The highest BCUT2D eigenvalue weighted by Gasteiger charge is 2.18. The van der Waals surface area contributed by atoms with Crippen molar-refractivity contribution in [2.45, 2.75) is 6.92 Å². The normalized spacial score (nSPS) is 10.8. The average molecular weight is 390 g/mol. The Morgan fingerprint density at radius 2 is 2.11 bits per heavy atom. The number of nitrogen functional groups attached to an aromatic ring is 1. The molecule has 6 nitrogen and oxygen atoms in total. The SMILES string of the molecule is CCOc1cccc(NC(=O)c2sc3nc(-c4cccnc4)ccc3c2N)c1. The molecule has 0 unspecified atom stereocenters. The molecule has 3 aromatic heterocycles. The number of nitrogens with zero attached hydrogens (tertiary/aromatic N) is 2. The number of aromatic nitrogens is 2. The van der Waals surface area contributed by atoms with Crippen LogP contribution in [0.4, 0.5) is 11.4 Å². The van der Waals surface area contributed by atoms with Crippen molar-refractivity contribution < 1.29 is 9.53 Å². The molecule has 0 aliphatic rings. The van der Waals surface area contributed by atoms with E-state index < -0.39 is 0 Å². The molecule has 1 aromatic carbocycles. The third-order valence-corrected chi connectivity index (χ3v) is 5.27. The van der Waals surface area contributed by atoms with Crippen molar-refractivity contribution in [3.05, 3.63) is 65.8 Å². The molecular formula is C21H18N4O2S. The molecule has 140 valence electrons. The molecule has 3 N–H and O–H groups in total. The predicted octanol–water partition coefficient (Wildman–Crippen LogP) is 4.59. The Morgan fingerprint density at radius 3 is 2.89 bits per heavy atom. The van der Waals surface area contributed by atoms with E-state index in [4.69, 9.17) is 10.5 Å². The lowest BCUT2D eigenvalue weighted by molar-refractivity contribution is 0.103. The van der Waals surface area contributed by atoms with E-state index in [9.17, 15) is 4.79 Å². The smallest absolute Gasteiger partial charge is 0.267 e. The van der Waals surface area contributed by atoms with E-state index in [1.54, 1.807) is 18.5 Å². The molecule has 0 radical (unpaired) electrons. The maximum Gasteiger partial charge on any atom is 0.267 e. The summed E-state index contributed by atoms with van der Waals surface area (Å²) < 4.78 is 5.47. The largest absolute Gasteiger partial charge is 0.494 e. The van der Waals surface area contributed by atoms with E-state index in [0.717, 1.165) is 16.6 Å². The van der Waals surface area contributed by atoms with Crippen molar-refractivity contribution in [3.63, 3.8) is 0 Å². The molecule has 0 saturated heterocycles. The van der Waals surface area contributed by atoms with Gasteiger partial charge in [0.2, 0.25) is 0 Å². The highest BCUT2D eigenvalue weighted by Crippen LogP contribution is 2.34. The van der Waals surface area contributed by atoms with E-state index in [0.29, 0.717) is 33.4 Å². The molecule has 0 bridgehead atoms. The number of fused-ring (bicyclic) bond motifs is 1. The zero-order valence-electron chi connectivity index (χ0n) is 15.2. The van der Waals surface area contributed by atoms with Crippen LogP contribution in [0, 0.1) is 0 Å². The van der Waals surface area contributed by atoms with Gasteiger partial charge in [-0.1, -0.05) is 6.07 Å². The fourth-order valence-electron chi connectivity index (χ4n) is 2.86. The van der Waals surface area contributed by atoms with Crippen LogP contribution >= 0.6 is 11.3 Å². The van der Waals surface area contributed by atoms with Crippen LogP contribution in [0.5, 0.6) is 5.75 Å². The van der Waals surface area contributed by atoms with Crippen LogP contribution in [0.25, 0.3) is 21.5 Å². The minimum absolute atomic E-state index is 0.267. The summed E-state index contributed by atoms with van der Waals surface area (Å²) in [6.07, 6.45) is 3.47. The molecule has 1 amide bonds. The highest BCUT2D eigenvalue weighted by atomic mass is 32.1. The van der Waals surface area contributed by atoms with Gasteiger partial charge in [-0.15, -0.1) is 11.3 Å². The molecular weight excluding hydrogens is 372 g/mol. The van der Waals surface area contributed by atoms with Gasteiger partial charge >= 0.3 is 0 Å². The first-order valence-electron chi connectivity index (χ1n) is 8.79.